The molecule has 0 spiro atoms. The van der Waals surface area contributed by atoms with Crippen LogP contribution in [0.2, 0.25) is 0 Å². The Morgan fingerprint density at radius 2 is 1.90 bits per heavy atom. The standard InChI is InChI=1S/C15H18F3NOS/c1-2-3-4-5-6-11-19-14(20)15(17,18)21-13-9-7-12(16)8-10-13/h2,7-10H,1,3-6,11H2,(H,19,20). The van der Waals surface area contributed by atoms with Crippen molar-refractivity contribution in [2.45, 2.75) is 35.8 Å². The van der Waals surface area contributed by atoms with E-state index in [1.807, 2.05) is 0 Å². The Morgan fingerprint density at radius 3 is 2.52 bits per heavy atom. The SMILES string of the molecule is C=CCCCCCNC(=O)C(F)(F)Sc1ccc(F)cc1. The minimum atomic E-state index is -3.57. The second-order valence-corrected chi connectivity index (χ2v) is 5.65. The van der Waals surface area contributed by atoms with Gasteiger partial charge >= 0.3 is 11.2 Å². The van der Waals surface area contributed by atoms with Crippen molar-refractivity contribution in [3.63, 3.8) is 0 Å². The average Bonchev–Trinajstić information content (AvgIpc) is 2.44. The molecule has 0 aliphatic carbocycles. The van der Waals surface area contributed by atoms with E-state index in [0.29, 0.717) is 6.42 Å². The smallest absolute Gasteiger partial charge is 0.350 e. The largest absolute Gasteiger partial charge is 0.374 e. The summed E-state index contributed by atoms with van der Waals surface area (Å²) in [5.41, 5.74) is 0. The molecule has 1 amide bonds. The second kappa shape index (κ2) is 8.77. The van der Waals surface area contributed by atoms with Gasteiger partial charge in [0.2, 0.25) is 0 Å². The van der Waals surface area contributed by atoms with Crippen molar-refractivity contribution in [1.29, 1.82) is 0 Å². The van der Waals surface area contributed by atoms with Crippen molar-refractivity contribution in [1.82, 2.24) is 5.32 Å². The molecule has 1 rings (SSSR count). The van der Waals surface area contributed by atoms with Gasteiger partial charge in [0.1, 0.15) is 5.82 Å². The molecule has 0 atom stereocenters. The number of carbonyl (C=O) groups is 1. The first-order chi connectivity index (χ1) is 9.95. The van der Waals surface area contributed by atoms with Gasteiger partial charge in [0.25, 0.3) is 0 Å². The third kappa shape index (κ3) is 6.71. The van der Waals surface area contributed by atoms with E-state index < -0.39 is 17.0 Å². The Labute approximate surface area is 126 Å². The zero-order valence-corrected chi connectivity index (χ0v) is 12.4. The van der Waals surface area contributed by atoms with Gasteiger partial charge in [0, 0.05) is 11.4 Å². The highest BCUT2D eigenvalue weighted by molar-refractivity contribution is 8.01. The molecule has 1 N–H and O–H groups in total. The van der Waals surface area contributed by atoms with Crippen LogP contribution in [0.3, 0.4) is 0 Å². The van der Waals surface area contributed by atoms with E-state index in [1.165, 1.54) is 12.1 Å². The van der Waals surface area contributed by atoms with Gasteiger partial charge in [-0.2, -0.15) is 8.78 Å². The minimum absolute atomic E-state index is 0.109. The molecule has 2 nitrogen and oxygen atoms in total. The first-order valence-corrected chi connectivity index (χ1v) is 7.49. The van der Waals surface area contributed by atoms with E-state index in [1.54, 1.807) is 6.08 Å². The maximum atomic E-state index is 13.7. The van der Waals surface area contributed by atoms with Crippen LogP contribution in [0.4, 0.5) is 13.2 Å². The summed E-state index contributed by atoms with van der Waals surface area (Å²) in [7, 11) is 0. The zero-order valence-electron chi connectivity index (χ0n) is 11.6. The Balaban J connectivity index is 2.36. The first kappa shape index (κ1) is 17.6. The summed E-state index contributed by atoms with van der Waals surface area (Å²) in [6.45, 7) is 3.81. The summed E-state index contributed by atoms with van der Waals surface area (Å²) in [6.07, 6.45) is 5.11. The first-order valence-electron chi connectivity index (χ1n) is 6.67. The van der Waals surface area contributed by atoms with E-state index in [9.17, 15) is 18.0 Å². The highest BCUT2D eigenvalue weighted by Gasteiger charge is 2.39. The van der Waals surface area contributed by atoms with Gasteiger partial charge in [-0.3, -0.25) is 4.79 Å². The number of hydrogen-bond acceptors (Lipinski definition) is 2. The lowest BCUT2D eigenvalue weighted by Gasteiger charge is -2.15. The highest BCUT2D eigenvalue weighted by atomic mass is 32.2. The maximum Gasteiger partial charge on any atom is 0.374 e. The molecule has 21 heavy (non-hydrogen) atoms. The molecule has 0 unspecified atom stereocenters. The van der Waals surface area contributed by atoms with E-state index in [4.69, 9.17) is 0 Å². The van der Waals surface area contributed by atoms with Crippen LogP contribution in [0.15, 0.2) is 41.8 Å². The van der Waals surface area contributed by atoms with Crippen LogP contribution in [-0.2, 0) is 4.79 Å². The van der Waals surface area contributed by atoms with Crippen molar-refractivity contribution in [3.8, 4) is 0 Å². The second-order valence-electron chi connectivity index (χ2n) is 4.47. The lowest BCUT2D eigenvalue weighted by atomic mass is 10.2. The summed E-state index contributed by atoms with van der Waals surface area (Å²) in [4.78, 5) is 11.6. The van der Waals surface area contributed by atoms with Crippen LogP contribution in [0.25, 0.3) is 0 Å². The fraction of sp³-hybridized carbons (Fsp3) is 0.400. The lowest BCUT2D eigenvalue weighted by Crippen LogP contribution is -2.38. The molecule has 0 heterocycles. The summed E-state index contributed by atoms with van der Waals surface area (Å²) >= 11 is 0.109. The van der Waals surface area contributed by atoms with Gasteiger partial charge in [-0.15, -0.1) is 6.58 Å². The Bertz CT molecular complexity index is 462. The molecular weight excluding hydrogens is 299 g/mol. The maximum absolute atomic E-state index is 13.7. The van der Waals surface area contributed by atoms with Gasteiger partial charge in [0.15, 0.2) is 0 Å². The van der Waals surface area contributed by atoms with Crippen molar-refractivity contribution < 1.29 is 18.0 Å². The molecule has 0 radical (unpaired) electrons. The molecule has 0 saturated carbocycles. The number of hydrogen-bond donors (Lipinski definition) is 1. The number of thioether (sulfide) groups is 1. The fourth-order valence-electron chi connectivity index (χ4n) is 1.59. The molecule has 0 saturated heterocycles. The molecule has 0 aromatic heterocycles. The van der Waals surface area contributed by atoms with Gasteiger partial charge in [0.05, 0.1) is 0 Å². The van der Waals surface area contributed by atoms with Crippen molar-refractivity contribution in [3.05, 3.63) is 42.7 Å². The van der Waals surface area contributed by atoms with E-state index in [-0.39, 0.29) is 23.2 Å². The van der Waals surface area contributed by atoms with Crippen LogP contribution in [0.5, 0.6) is 0 Å². The van der Waals surface area contributed by atoms with E-state index in [0.717, 1.165) is 31.4 Å². The molecule has 1 aromatic rings. The van der Waals surface area contributed by atoms with E-state index >= 15 is 0 Å². The van der Waals surface area contributed by atoms with Crippen LogP contribution >= 0.6 is 11.8 Å². The molecule has 0 aliphatic rings. The predicted octanol–water partition coefficient (Wildman–Crippen LogP) is 4.37. The number of amides is 1. The van der Waals surface area contributed by atoms with Crippen LogP contribution < -0.4 is 5.32 Å². The van der Waals surface area contributed by atoms with Gasteiger partial charge in [-0.05, 0) is 55.3 Å². The number of rotatable bonds is 9. The highest BCUT2D eigenvalue weighted by Crippen LogP contribution is 2.35. The Kier molecular flexibility index (Phi) is 7.36. The Hall–Kier alpha value is -1.43. The summed E-state index contributed by atoms with van der Waals surface area (Å²) < 4.78 is 40.0. The topological polar surface area (TPSA) is 29.1 Å². The van der Waals surface area contributed by atoms with Crippen LogP contribution in [0, 0.1) is 5.82 Å². The van der Waals surface area contributed by atoms with Crippen molar-refractivity contribution >= 4 is 17.7 Å². The Morgan fingerprint density at radius 1 is 1.24 bits per heavy atom. The molecule has 116 valence electrons. The predicted molar refractivity (Wildman–Crippen MR) is 78.9 cm³/mol. The van der Waals surface area contributed by atoms with Crippen LogP contribution in [0.1, 0.15) is 25.7 Å². The quantitative estimate of drug-likeness (QED) is 0.416. The average molecular weight is 317 g/mol. The van der Waals surface area contributed by atoms with Crippen LogP contribution in [-0.4, -0.2) is 17.7 Å². The number of benzene rings is 1. The zero-order chi connectivity index (χ0) is 15.7. The number of carbonyl (C=O) groups excluding carboxylic acids is 1. The number of allylic oxidation sites excluding steroid dienone is 1. The number of unbranched alkanes of at least 4 members (excludes halogenated alkanes) is 3. The third-order valence-corrected chi connectivity index (χ3v) is 3.64. The molecule has 1 aromatic carbocycles. The summed E-state index contributed by atoms with van der Waals surface area (Å²) in [5, 5.41) is -1.35. The van der Waals surface area contributed by atoms with Crippen molar-refractivity contribution in [2.75, 3.05) is 6.54 Å². The normalized spacial score (nSPS) is 11.2. The number of nitrogens with one attached hydrogen (secondary N) is 1. The van der Waals surface area contributed by atoms with Crippen molar-refractivity contribution in [2.24, 2.45) is 0 Å². The van der Waals surface area contributed by atoms with Gasteiger partial charge in [-0.25, -0.2) is 4.39 Å². The molecule has 0 aliphatic heterocycles. The fourth-order valence-corrected chi connectivity index (χ4v) is 2.33. The minimum Gasteiger partial charge on any atom is -0.350 e. The third-order valence-electron chi connectivity index (χ3n) is 2.69. The van der Waals surface area contributed by atoms with E-state index in [2.05, 4.69) is 11.9 Å². The lowest BCUT2D eigenvalue weighted by molar-refractivity contribution is -0.134. The number of alkyl halides is 2. The molecule has 0 bridgehead atoms. The summed E-state index contributed by atoms with van der Waals surface area (Å²) in [5.74, 6) is -1.83. The van der Waals surface area contributed by atoms with Gasteiger partial charge in [-0.1, -0.05) is 12.5 Å². The number of halogens is 3. The monoisotopic (exact) mass is 317 g/mol. The summed E-state index contributed by atoms with van der Waals surface area (Å²) in [6, 6.07) is 4.60. The molecule has 0 fully saturated rings. The van der Waals surface area contributed by atoms with Gasteiger partial charge < -0.3 is 5.32 Å². The molecule has 6 heteroatoms. The molecular formula is C15H18F3NOS.